The van der Waals surface area contributed by atoms with E-state index in [4.69, 9.17) is 9.47 Å². The van der Waals surface area contributed by atoms with Crippen LogP contribution in [0.1, 0.15) is 120 Å². The average Bonchev–Trinajstić information content (AvgIpc) is 3.57. The fraction of sp³-hybridized carbons (Fsp3) is 0.721. The van der Waals surface area contributed by atoms with E-state index < -0.39 is 53.1 Å². The number of aliphatic hydroxyl groups is 1. The Morgan fingerprint density at radius 1 is 0.947 bits per heavy atom. The predicted octanol–water partition coefficient (Wildman–Crippen LogP) is 5.02. The lowest BCUT2D eigenvalue weighted by Gasteiger charge is -2.51. The predicted molar refractivity (Wildman–Crippen MR) is 220 cm³/mol. The Hall–Kier alpha value is -3.56. The van der Waals surface area contributed by atoms with Crippen molar-refractivity contribution in [2.24, 2.45) is 11.8 Å². The number of hydrogen-bond donors (Lipinski definition) is 6. The summed E-state index contributed by atoms with van der Waals surface area (Å²) < 4.78 is 11.4. The lowest BCUT2D eigenvalue weighted by Crippen LogP contribution is -2.61. The van der Waals surface area contributed by atoms with Crippen LogP contribution in [0.25, 0.3) is 0 Å². The van der Waals surface area contributed by atoms with Crippen molar-refractivity contribution in [3.8, 4) is 0 Å². The Bertz CT molecular complexity index is 1480. The van der Waals surface area contributed by atoms with E-state index in [0.29, 0.717) is 45.1 Å². The fourth-order valence-electron chi connectivity index (χ4n) is 7.82. The largest absolute Gasteiger partial charge is 0.444 e. The standard InChI is InChI=1S/C43H72N6O8/c1-28(2)24-32(46-40(54)57-41(5,6)7)20-19-31(25-30-16-13-12-14-17-30)38(52)48-23-15-18-35(48)37(51)47-34(36(50)45-29(3)4)21-22-44-39(53)56-33-26-42(8,9)49(55)43(10,11)27-33/h12-14,16-17,19-20,28-29,31-35,39,44,53,55H,15,18,21-27H2,1-11H3,(H,45,50)(H,46,54)(H,47,51)/b20-19+/t31-,32-,34+,35+,39?/m1/s1. The van der Waals surface area contributed by atoms with Gasteiger partial charge in [0.1, 0.15) is 17.7 Å². The molecule has 4 amide bonds. The van der Waals surface area contributed by atoms with E-state index in [1.807, 2.05) is 84.0 Å². The van der Waals surface area contributed by atoms with Gasteiger partial charge in [-0.15, -0.1) is 0 Å². The lowest BCUT2D eigenvalue weighted by atomic mass is 9.80. The van der Waals surface area contributed by atoms with Gasteiger partial charge in [0.15, 0.2) is 0 Å². The van der Waals surface area contributed by atoms with Crippen LogP contribution >= 0.6 is 0 Å². The van der Waals surface area contributed by atoms with Gasteiger partial charge in [-0.3, -0.25) is 19.7 Å². The molecule has 2 fully saturated rings. The molecule has 2 aliphatic rings. The molecule has 0 bridgehead atoms. The molecule has 5 atom stereocenters. The molecule has 2 aliphatic heterocycles. The summed E-state index contributed by atoms with van der Waals surface area (Å²) >= 11 is 0. The van der Waals surface area contributed by atoms with Gasteiger partial charge in [0.25, 0.3) is 0 Å². The number of alkyl carbamates (subject to hydrolysis) is 1. The number of piperidine rings is 1. The number of carbonyl (C=O) groups is 4. The zero-order chi connectivity index (χ0) is 42.7. The van der Waals surface area contributed by atoms with E-state index in [1.54, 1.807) is 25.7 Å². The third-order valence-electron chi connectivity index (χ3n) is 10.2. The van der Waals surface area contributed by atoms with Gasteiger partial charge >= 0.3 is 6.09 Å². The number of ether oxygens (including phenoxy) is 2. The minimum atomic E-state index is -1.33. The number of carbonyl (C=O) groups excluding carboxylic acids is 4. The number of nitrogens with zero attached hydrogens (tertiary/aromatic N) is 2. The quantitative estimate of drug-likeness (QED) is 0.0872. The van der Waals surface area contributed by atoms with Crippen LogP contribution in [-0.4, -0.2) is 111 Å². The third kappa shape index (κ3) is 15.6. The van der Waals surface area contributed by atoms with Gasteiger partial charge in [0.2, 0.25) is 24.1 Å². The van der Waals surface area contributed by atoms with Crippen molar-refractivity contribution in [1.29, 1.82) is 0 Å². The molecule has 0 radical (unpaired) electrons. The van der Waals surface area contributed by atoms with E-state index in [0.717, 1.165) is 5.56 Å². The molecule has 0 aliphatic carbocycles. The third-order valence-corrected chi connectivity index (χ3v) is 10.2. The molecule has 0 aromatic heterocycles. The average molecular weight is 801 g/mol. The topological polar surface area (TPSA) is 182 Å². The monoisotopic (exact) mass is 801 g/mol. The van der Waals surface area contributed by atoms with Crippen LogP contribution in [0.3, 0.4) is 0 Å². The highest BCUT2D eigenvalue weighted by atomic mass is 16.6. The molecule has 0 saturated carbocycles. The van der Waals surface area contributed by atoms with Crippen LogP contribution in [0.2, 0.25) is 0 Å². The molecule has 6 N–H and O–H groups in total. The minimum Gasteiger partial charge on any atom is -0.444 e. The normalized spacial score (nSPS) is 21.0. The van der Waals surface area contributed by atoms with Crippen LogP contribution in [-0.2, 0) is 30.3 Å². The molecule has 14 heteroatoms. The number of hydrogen-bond acceptors (Lipinski definition) is 10. The first-order valence-electron chi connectivity index (χ1n) is 20.7. The number of aliphatic hydroxyl groups excluding tert-OH is 1. The molecule has 1 aromatic rings. The first-order valence-corrected chi connectivity index (χ1v) is 20.7. The second kappa shape index (κ2) is 20.9. The van der Waals surface area contributed by atoms with Crippen LogP contribution < -0.4 is 21.3 Å². The van der Waals surface area contributed by atoms with E-state index in [2.05, 4.69) is 35.1 Å². The highest BCUT2D eigenvalue weighted by molar-refractivity contribution is 5.93. The molecule has 2 heterocycles. The van der Waals surface area contributed by atoms with Gasteiger partial charge in [-0.1, -0.05) is 56.3 Å². The van der Waals surface area contributed by atoms with E-state index in [1.165, 1.54) is 5.06 Å². The maximum Gasteiger partial charge on any atom is 0.408 e. The first kappa shape index (κ1) is 47.8. The van der Waals surface area contributed by atoms with Crippen molar-refractivity contribution < 1.29 is 39.0 Å². The summed E-state index contributed by atoms with van der Waals surface area (Å²) in [7, 11) is 0. The van der Waals surface area contributed by atoms with Gasteiger partial charge in [-0.2, -0.15) is 5.06 Å². The fourth-order valence-corrected chi connectivity index (χ4v) is 7.82. The van der Waals surface area contributed by atoms with Crippen molar-refractivity contribution >= 4 is 23.8 Å². The molecule has 3 rings (SSSR count). The molecule has 322 valence electrons. The Morgan fingerprint density at radius 2 is 1.58 bits per heavy atom. The second-order valence-corrected chi connectivity index (χ2v) is 18.7. The summed E-state index contributed by atoms with van der Waals surface area (Å²) in [5.41, 5.74) is -0.822. The molecule has 0 spiro atoms. The number of benzene rings is 1. The summed E-state index contributed by atoms with van der Waals surface area (Å²) in [5.74, 6) is -1.38. The Kier molecular flexibility index (Phi) is 17.5. The second-order valence-electron chi connectivity index (χ2n) is 18.7. The minimum absolute atomic E-state index is 0.148. The number of likely N-dealkylation sites (tertiary alicyclic amines) is 1. The Labute approximate surface area is 340 Å². The highest BCUT2D eigenvalue weighted by Gasteiger charge is 2.46. The van der Waals surface area contributed by atoms with Gasteiger partial charge in [0.05, 0.1) is 18.1 Å². The number of hydroxylamine groups is 2. The molecule has 14 nitrogen and oxygen atoms in total. The van der Waals surface area contributed by atoms with Crippen molar-refractivity contribution in [3.63, 3.8) is 0 Å². The highest BCUT2D eigenvalue weighted by Crippen LogP contribution is 2.38. The summed E-state index contributed by atoms with van der Waals surface area (Å²) in [5, 5.41) is 34.4. The Morgan fingerprint density at radius 3 is 2.16 bits per heavy atom. The molecule has 2 saturated heterocycles. The summed E-state index contributed by atoms with van der Waals surface area (Å²) in [6.07, 6.45) is 4.75. The van der Waals surface area contributed by atoms with Crippen molar-refractivity contribution in [1.82, 2.24) is 31.2 Å². The van der Waals surface area contributed by atoms with Gasteiger partial charge in [0, 0.05) is 30.2 Å². The van der Waals surface area contributed by atoms with E-state index >= 15 is 0 Å². The zero-order valence-electron chi connectivity index (χ0n) is 36.3. The number of nitrogens with one attached hydrogen (secondary N) is 4. The molecular formula is C43H72N6O8. The van der Waals surface area contributed by atoms with Crippen molar-refractivity contribution in [2.45, 2.75) is 174 Å². The van der Waals surface area contributed by atoms with Crippen LogP contribution in [0.5, 0.6) is 0 Å². The maximum atomic E-state index is 14.4. The summed E-state index contributed by atoms with van der Waals surface area (Å²) in [6.45, 7) is 21.4. The molecule has 1 unspecified atom stereocenters. The first-order chi connectivity index (χ1) is 26.5. The molecule has 57 heavy (non-hydrogen) atoms. The van der Waals surface area contributed by atoms with Gasteiger partial charge < -0.3 is 40.6 Å². The smallest absolute Gasteiger partial charge is 0.408 e. The van der Waals surface area contributed by atoms with Crippen LogP contribution in [0.15, 0.2) is 42.5 Å². The van der Waals surface area contributed by atoms with Gasteiger partial charge in [-0.05, 0) is 119 Å². The molecule has 1 aromatic carbocycles. The Balaban J connectivity index is 1.74. The zero-order valence-corrected chi connectivity index (χ0v) is 36.3. The SMILES string of the molecule is CC(C)C[C@@H](/C=C/[C@H](Cc1ccccc1)C(=O)N1CCC[C@H]1C(=O)N[C@@H](CCNC(O)OC1CC(C)(C)N(O)C(C)(C)C1)C(=O)NC(C)C)NC(=O)OC(C)(C)C. The number of rotatable bonds is 18. The van der Waals surface area contributed by atoms with E-state index in [-0.39, 0.29) is 48.9 Å². The summed E-state index contributed by atoms with van der Waals surface area (Å²) in [4.78, 5) is 56.1. The van der Waals surface area contributed by atoms with Crippen molar-refractivity contribution in [2.75, 3.05) is 13.1 Å². The van der Waals surface area contributed by atoms with Crippen molar-refractivity contribution in [3.05, 3.63) is 48.0 Å². The van der Waals surface area contributed by atoms with Crippen LogP contribution in [0, 0.1) is 11.8 Å². The number of amides is 4. The summed E-state index contributed by atoms with van der Waals surface area (Å²) in [6, 6.07) is 7.39. The molecular weight excluding hydrogens is 729 g/mol. The van der Waals surface area contributed by atoms with Crippen LogP contribution in [0.4, 0.5) is 4.79 Å². The lowest BCUT2D eigenvalue weighted by molar-refractivity contribution is -0.276. The maximum absolute atomic E-state index is 14.4. The van der Waals surface area contributed by atoms with Gasteiger partial charge in [-0.25, -0.2) is 4.79 Å². The van der Waals surface area contributed by atoms with E-state index in [9.17, 15) is 29.5 Å².